The highest BCUT2D eigenvalue weighted by Crippen LogP contribution is 2.60. The number of aryl methyl sites for hydroxylation is 2. The van der Waals surface area contributed by atoms with Gasteiger partial charge in [0, 0.05) is 58.4 Å². The average Bonchev–Trinajstić information content (AvgIpc) is 3.86. The summed E-state index contributed by atoms with van der Waals surface area (Å²) in [5.74, 6) is 2.57. The molecule has 310 valence electrons. The van der Waals surface area contributed by atoms with E-state index in [0.717, 1.165) is 75.0 Å². The first kappa shape index (κ1) is 40.1. The zero-order valence-electron chi connectivity index (χ0n) is 34.0. The van der Waals surface area contributed by atoms with Gasteiger partial charge in [-0.3, -0.25) is 15.0 Å². The second-order valence-corrected chi connectivity index (χ2v) is 16.1. The van der Waals surface area contributed by atoms with Gasteiger partial charge in [0.25, 0.3) is 0 Å². The molecular formula is C43H52N4O10S. The number of aromatic nitrogens is 1. The normalized spacial score (nSPS) is 22.2. The maximum atomic E-state index is 14.4. The van der Waals surface area contributed by atoms with Gasteiger partial charge in [-0.2, -0.15) is 11.8 Å². The standard InChI is InChI=1S/C43H52N4O10S/c1-21-17-24-9-8-14-47-29(19-54-43(50)35-33-26(12-13-45-35)27-18-25(51-5)10-11-28(27)46-33)31-32(38(57-23(3)49)22(2)39-41(31)56-20-55-39)42(58-7)36(47)34(44-4)30(24)40(37(21)52-6)53-16-15-48/h10-11,17-18,29,34-36,42,44-46,48H,8-9,12-16,19-20H2,1-7H3/t29-,34+,35?,36?,42?/m0/s1. The minimum atomic E-state index is -0.717. The number of H-pyrrole nitrogens is 1. The van der Waals surface area contributed by atoms with Gasteiger partial charge in [-0.15, -0.1) is 0 Å². The van der Waals surface area contributed by atoms with Crippen molar-refractivity contribution in [3.05, 3.63) is 68.9 Å². The van der Waals surface area contributed by atoms with Crippen LogP contribution in [0, 0.1) is 13.8 Å². The molecule has 4 N–H and O–H groups in total. The van der Waals surface area contributed by atoms with Gasteiger partial charge in [0.2, 0.25) is 6.79 Å². The number of benzene rings is 3. The molecule has 0 radical (unpaired) electrons. The van der Waals surface area contributed by atoms with E-state index in [0.29, 0.717) is 47.4 Å². The van der Waals surface area contributed by atoms with E-state index in [-0.39, 0.29) is 43.9 Å². The molecule has 14 nitrogen and oxygen atoms in total. The van der Waals surface area contributed by atoms with Crippen molar-refractivity contribution in [1.29, 1.82) is 0 Å². The number of likely N-dealkylation sites (N-methyl/N-ethyl adjacent to an activating group) is 1. The van der Waals surface area contributed by atoms with E-state index in [4.69, 9.17) is 33.2 Å². The van der Waals surface area contributed by atoms with Crippen molar-refractivity contribution < 1.29 is 47.9 Å². The second-order valence-electron chi connectivity index (χ2n) is 15.1. The Bertz CT molecular complexity index is 2240. The highest BCUT2D eigenvalue weighted by atomic mass is 32.2. The molecule has 0 bridgehead atoms. The number of carbonyl (C=O) groups excluding carboxylic acids is 2. The summed E-state index contributed by atoms with van der Waals surface area (Å²) in [5.41, 5.74) is 8.01. The van der Waals surface area contributed by atoms with Crippen LogP contribution in [-0.4, -0.2) is 100 Å². The van der Waals surface area contributed by atoms with Crippen LogP contribution in [0.5, 0.6) is 34.5 Å². The number of fused-ring (bicyclic) bond motifs is 8. The summed E-state index contributed by atoms with van der Waals surface area (Å²) in [7, 11) is 5.20. The second kappa shape index (κ2) is 16.5. The minimum Gasteiger partial charge on any atom is -0.497 e. The molecule has 0 fully saturated rings. The molecule has 3 unspecified atom stereocenters. The van der Waals surface area contributed by atoms with Crippen molar-refractivity contribution in [2.75, 3.05) is 67.2 Å². The quantitative estimate of drug-likeness (QED) is 0.114. The molecule has 0 aliphatic carbocycles. The number of aliphatic hydroxyl groups excluding tert-OH is 1. The molecule has 0 saturated heterocycles. The van der Waals surface area contributed by atoms with Crippen molar-refractivity contribution in [2.45, 2.75) is 69.5 Å². The number of nitrogens with zero attached hydrogens (tertiary/aromatic N) is 1. The Morgan fingerprint density at radius 2 is 1.84 bits per heavy atom. The molecule has 0 amide bonds. The molecule has 58 heavy (non-hydrogen) atoms. The largest absolute Gasteiger partial charge is 0.497 e. The fraction of sp³-hybridized carbons (Fsp3) is 0.488. The number of methoxy groups -OCH3 is 2. The van der Waals surface area contributed by atoms with Gasteiger partial charge in [-0.25, -0.2) is 4.79 Å². The Kier molecular flexibility index (Phi) is 11.4. The fourth-order valence-electron chi connectivity index (χ4n) is 9.68. The highest BCUT2D eigenvalue weighted by Gasteiger charge is 2.51. The Balaban J connectivity index is 1.27. The number of ether oxygens (including phenoxy) is 7. The van der Waals surface area contributed by atoms with Crippen LogP contribution >= 0.6 is 11.8 Å². The summed E-state index contributed by atoms with van der Waals surface area (Å²) >= 11 is 1.65. The van der Waals surface area contributed by atoms with Gasteiger partial charge >= 0.3 is 11.9 Å². The number of aliphatic hydroxyl groups is 1. The number of nitrogens with one attached hydrogen (secondary N) is 3. The van der Waals surface area contributed by atoms with E-state index >= 15 is 0 Å². The molecule has 15 heteroatoms. The van der Waals surface area contributed by atoms with Gasteiger partial charge in [0.1, 0.15) is 30.8 Å². The monoisotopic (exact) mass is 816 g/mol. The van der Waals surface area contributed by atoms with E-state index < -0.39 is 24.0 Å². The van der Waals surface area contributed by atoms with Crippen LogP contribution in [0.4, 0.5) is 0 Å². The van der Waals surface area contributed by atoms with Crippen LogP contribution in [0.2, 0.25) is 0 Å². The van der Waals surface area contributed by atoms with Gasteiger partial charge < -0.3 is 48.6 Å². The van der Waals surface area contributed by atoms with E-state index in [1.165, 1.54) is 6.92 Å². The van der Waals surface area contributed by atoms with Crippen molar-refractivity contribution in [3.8, 4) is 34.5 Å². The summed E-state index contributed by atoms with van der Waals surface area (Å²) in [6.45, 7) is 6.44. The molecule has 3 aromatic carbocycles. The molecule has 5 heterocycles. The lowest BCUT2D eigenvalue weighted by atomic mass is 9.78. The smallest absolute Gasteiger partial charge is 0.329 e. The third kappa shape index (κ3) is 6.70. The lowest BCUT2D eigenvalue weighted by Crippen LogP contribution is -2.54. The number of thioether (sulfide) groups is 1. The zero-order chi connectivity index (χ0) is 40.8. The Hall–Kier alpha value is -4.67. The van der Waals surface area contributed by atoms with E-state index in [1.807, 2.05) is 39.1 Å². The van der Waals surface area contributed by atoms with E-state index in [9.17, 15) is 14.7 Å². The van der Waals surface area contributed by atoms with Gasteiger partial charge in [0.15, 0.2) is 23.0 Å². The van der Waals surface area contributed by atoms with E-state index in [1.54, 1.807) is 26.0 Å². The first-order valence-electron chi connectivity index (χ1n) is 19.8. The van der Waals surface area contributed by atoms with Gasteiger partial charge in [-0.05, 0) is 87.8 Å². The number of rotatable bonds is 11. The lowest BCUT2D eigenvalue weighted by molar-refractivity contribution is -0.149. The van der Waals surface area contributed by atoms with Crippen molar-refractivity contribution >= 4 is 34.6 Å². The summed E-state index contributed by atoms with van der Waals surface area (Å²) < 4.78 is 42.8. The summed E-state index contributed by atoms with van der Waals surface area (Å²) in [6, 6.07) is 6.14. The van der Waals surface area contributed by atoms with Gasteiger partial charge in [0.05, 0.1) is 38.2 Å². The average molecular weight is 817 g/mol. The Morgan fingerprint density at radius 3 is 2.57 bits per heavy atom. The zero-order valence-corrected chi connectivity index (χ0v) is 34.9. The van der Waals surface area contributed by atoms with Crippen LogP contribution in [0.25, 0.3) is 10.9 Å². The number of aromatic amines is 1. The first-order valence-corrected chi connectivity index (χ1v) is 21.1. The van der Waals surface area contributed by atoms with Crippen LogP contribution < -0.4 is 39.1 Å². The third-order valence-electron chi connectivity index (χ3n) is 12.0. The summed E-state index contributed by atoms with van der Waals surface area (Å²) in [5, 5.41) is 17.7. The minimum absolute atomic E-state index is 0.00314. The number of hydrogen-bond donors (Lipinski definition) is 4. The number of carbonyl (C=O) groups is 2. The molecule has 4 aliphatic rings. The van der Waals surface area contributed by atoms with Crippen molar-refractivity contribution in [1.82, 2.24) is 20.5 Å². The molecule has 0 saturated carbocycles. The molecule has 5 atom stereocenters. The molecule has 4 aliphatic heterocycles. The number of esters is 2. The lowest BCUT2D eigenvalue weighted by Gasteiger charge is -2.51. The predicted octanol–water partition coefficient (Wildman–Crippen LogP) is 5.29. The Labute approximate surface area is 342 Å². The maximum Gasteiger partial charge on any atom is 0.329 e. The van der Waals surface area contributed by atoms with Crippen LogP contribution in [0.3, 0.4) is 0 Å². The third-order valence-corrected chi connectivity index (χ3v) is 13.0. The molecular weight excluding hydrogens is 765 g/mol. The van der Waals surface area contributed by atoms with Crippen molar-refractivity contribution in [3.63, 3.8) is 0 Å². The molecule has 8 rings (SSSR count). The fourth-order valence-corrected chi connectivity index (χ4v) is 10.7. The van der Waals surface area contributed by atoms with Crippen LogP contribution in [-0.2, 0) is 27.2 Å². The highest BCUT2D eigenvalue weighted by molar-refractivity contribution is 7.98. The topological polar surface area (TPSA) is 162 Å². The molecule has 1 aromatic heterocycles. The Morgan fingerprint density at radius 1 is 1.03 bits per heavy atom. The van der Waals surface area contributed by atoms with Crippen LogP contribution in [0.1, 0.15) is 81.4 Å². The summed E-state index contributed by atoms with van der Waals surface area (Å²) in [4.78, 5) is 33.2. The molecule has 4 aromatic rings. The first-order chi connectivity index (χ1) is 28.1. The maximum absolute atomic E-state index is 14.4. The molecule has 0 spiro atoms. The van der Waals surface area contributed by atoms with Crippen LogP contribution in [0.15, 0.2) is 24.3 Å². The summed E-state index contributed by atoms with van der Waals surface area (Å²) in [6.07, 6.45) is 4.32. The predicted molar refractivity (Wildman–Crippen MR) is 219 cm³/mol. The van der Waals surface area contributed by atoms with Crippen molar-refractivity contribution in [2.24, 2.45) is 0 Å². The van der Waals surface area contributed by atoms with E-state index in [2.05, 4.69) is 32.8 Å². The number of hydrogen-bond acceptors (Lipinski definition) is 14. The van der Waals surface area contributed by atoms with Gasteiger partial charge in [-0.1, -0.05) is 6.07 Å². The SMILES string of the molecule is CN[C@@H]1c2c(cc(C)c(OC)c2OCCO)CCCN2C1C(SC)c1c(OC(C)=O)c(C)c3c(c1[C@@H]2COC(=O)C1NCCc2c1[nH]c1ccc(OC)cc21)OCO3.